The first-order valence-electron chi connectivity index (χ1n) is 3.12. The van der Waals surface area contributed by atoms with Gasteiger partial charge in [-0.2, -0.15) is 0 Å². The van der Waals surface area contributed by atoms with E-state index in [0.29, 0.717) is 0 Å². The van der Waals surface area contributed by atoms with Gasteiger partial charge in [0.15, 0.2) is 5.66 Å². The zero-order valence-corrected chi connectivity index (χ0v) is 7.73. The minimum atomic E-state index is -4.43. The fourth-order valence-electron chi connectivity index (χ4n) is 0.556. The normalized spacial score (nSPS) is 12.8. The Labute approximate surface area is 70.0 Å². The van der Waals surface area contributed by atoms with Crippen molar-refractivity contribution in [2.24, 2.45) is 0 Å². The molecule has 7 heteroatoms. The number of carboxylic acid groups (broad SMARTS) is 1. The second kappa shape index (κ2) is 6.14. The summed E-state index contributed by atoms with van der Waals surface area (Å²) in [5, 5.41) is 15.2. The first kappa shape index (κ1) is 14.1. The van der Waals surface area contributed by atoms with Crippen molar-refractivity contribution in [3.05, 3.63) is 0 Å². The van der Waals surface area contributed by atoms with Crippen molar-refractivity contribution >= 4 is 13.6 Å². The summed E-state index contributed by atoms with van der Waals surface area (Å²) in [6.45, 7) is 1.41. The Morgan fingerprint density at radius 1 is 1.42 bits per heavy atom. The van der Waals surface area contributed by atoms with E-state index in [1.165, 1.54) is 6.92 Å². The molecule has 0 saturated heterocycles. The molecule has 4 N–H and O–H groups in total. The minimum absolute atomic E-state index is 0.0559. The highest BCUT2D eigenvalue weighted by Crippen LogP contribution is 2.42. The molecular weight excluding hydrogens is 187 g/mol. The third-order valence-electron chi connectivity index (χ3n) is 1.08. The van der Waals surface area contributed by atoms with Crippen LogP contribution < -0.4 is 0 Å². The maximum absolute atomic E-state index is 10.3. The Hall–Kier alpha value is -0.420. The van der Waals surface area contributed by atoms with Gasteiger partial charge in [-0.1, -0.05) is 6.92 Å². The summed E-state index contributed by atoms with van der Waals surface area (Å²) >= 11 is 0. The van der Waals surface area contributed by atoms with Gasteiger partial charge in [-0.15, -0.1) is 0 Å². The molecule has 0 fully saturated rings. The van der Waals surface area contributed by atoms with Crippen LogP contribution in [0.3, 0.4) is 0 Å². The summed E-state index contributed by atoms with van der Waals surface area (Å²) in [5.41, 5.74) is -1.55. The Kier molecular flexibility index (Phi) is 7.22. The number of hydrogen-bond donors (Lipinski definition) is 4. The SMILES string of the molecule is CCC(C(=O)O)P(=O)(O)O.CO. The summed E-state index contributed by atoms with van der Waals surface area (Å²) in [6, 6.07) is 0. The highest BCUT2D eigenvalue weighted by molar-refractivity contribution is 7.53. The molecule has 0 aliphatic heterocycles. The van der Waals surface area contributed by atoms with Gasteiger partial charge in [0, 0.05) is 7.11 Å². The molecule has 6 nitrogen and oxygen atoms in total. The smallest absolute Gasteiger partial charge is 0.339 e. The van der Waals surface area contributed by atoms with E-state index in [-0.39, 0.29) is 6.42 Å². The minimum Gasteiger partial charge on any atom is -0.481 e. The van der Waals surface area contributed by atoms with Crippen LogP contribution in [0.1, 0.15) is 13.3 Å². The molecule has 1 unspecified atom stereocenters. The van der Waals surface area contributed by atoms with E-state index in [0.717, 1.165) is 7.11 Å². The molecule has 0 amide bonds. The van der Waals surface area contributed by atoms with Crippen LogP contribution in [0, 0.1) is 0 Å². The Morgan fingerprint density at radius 2 is 1.75 bits per heavy atom. The predicted molar refractivity (Wildman–Crippen MR) is 41.9 cm³/mol. The highest BCUT2D eigenvalue weighted by Gasteiger charge is 2.33. The van der Waals surface area contributed by atoms with Crippen LogP contribution in [-0.2, 0) is 9.36 Å². The summed E-state index contributed by atoms with van der Waals surface area (Å²) in [4.78, 5) is 26.8. The van der Waals surface area contributed by atoms with Gasteiger partial charge in [-0.05, 0) is 6.42 Å². The summed E-state index contributed by atoms with van der Waals surface area (Å²) < 4.78 is 10.3. The zero-order valence-electron chi connectivity index (χ0n) is 6.84. The number of aliphatic hydroxyl groups is 1. The summed E-state index contributed by atoms with van der Waals surface area (Å²) in [7, 11) is -3.43. The van der Waals surface area contributed by atoms with Gasteiger partial charge in [0.1, 0.15) is 0 Å². The van der Waals surface area contributed by atoms with Gasteiger partial charge >= 0.3 is 13.6 Å². The van der Waals surface area contributed by atoms with Crippen LogP contribution >= 0.6 is 7.60 Å². The average molecular weight is 200 g/mol. The van der Waals surface area contributed by atoms with E-state index in [2.05, 4.69) is 0 Å². The van der Waals surface area contributed by atoms with E-state index in [1.807, 2.05) is 0 Å². The molecular formula is C5H13O6P. The van der Waals surface area contributed by atoms with Gasteiger partial charge in [0.25, 0.3) is 0 Å². The van der Waals surface area contributed by atoms with Crippen LogP contribution in [0.25, 0.3) is 0 Å². The number of carboxylic acids is 1. The molecule has 12 heavy (non-hydrogen) atoms. The van der Waals surface area contributed by atoms with Gasteiger partial charge in [0.05, 0.1) is 0 Å². The van der Waals surface area contributed by atoms with Gasteiger partial charge in [0.2, 0.25) is 0 Å². The number of hydrogen-bond acceptors (Lipinski definition) is 3. The molecule has 0 aliphatic rings. The van der Waals surface area contributed by atoms with Crippen molar-refractivity contribution in [1.82, 2.24) is 0 Å². The second-order valence-corrected chi connectivity index (χ2v) is 3.65. The third-order valence-corrected chi connectivity index (χ3v) is 2.48. The highest BCUT2D eigenvalue weighted by atomic mass is 31.2. The lowest BCUT2D eigenvalue weighted by Crippen LogP contribution is -2.18. The van der Waals surface area contributed by atoms with E-state index in [4.69, 9.17) is 20.0 Å². The molecule has 0 aromatic rings. The molecule has 0 aromatic heterocycles. The molecule has 74 valence electrons. The van der Waals surface area contributed by atoms with E-state index >= 15 is 0 Å². The molecule has 0 heterocycles. The maximum Gasteiger partial charge on any atom is 0.339 e. The summed E-state index contributed by atoms with van der Waals surface area (Å²) in [6.07, 6.45) is -0.0559. The second-order valence-electron chi connectivity index (χ2n) is 1.85. The van der Waals surface area contributed by atoms with Crippen LogP contribution in [0.4, 0.5) is 0 Å². The quantitative estimate of drug-likeness (QED) is 0.462. The Bertz CT molecular complexity index is 173. The molecule has 0 radical (unpaired) electrons. The van der Waals surface area contributed by atoms with Crippen molar-refractivity contribution in [2.45, 2.75) is 19.0 Å². The molecule has 0 spiro atoms. The number of aliphatic hydroxyl groups excluding tert-OH is 1. The zero-order chi connectivity index (χ0) is 10.4. The van der Waals surface area contributed by atoms with Crippen molar-refractivity contribution < 1.29 is 29.4 Å². The number of carbonyl (C=O) groups is 1. The first-order chi connectivity index (χ1) is 5.39. The van der Waals surface area contributed by atoms with Crippen molar-refractivity contribution in [1.29, 1.82) is 0 Å². The molecule has 0 aliphatic carbocycles. The van der Waals surface area contributed by atoms with Gasteiger partial charge < -0.3 is 20.0 Å². The van der Waals surface area contributed by atoms with Crippen molar-refractivity contribution in [2.75, 3.05) is 7.11 Å². The van der Waals surface area contributed by atoms with Crippen molar-refractivity contribution in [3.8, 4) is 0 Å². The molecule has 0 bridgehead atoms. The molecule has 0 aromatic carbocycles. The summed E-state index contributed by atoms with van der Waals surface area (Å²) in [5.74, 6) is -1.45. The number of aliphatic carboxylic acids is 1. The largest absolute Gasteiger partial charge is 0.481 e. The third kappa shape index (κ3) is 5.26. The Balaban J connectivity index is 0. The lowest BCUT2D eigenvalue weighted by molar-refractivity contribution is -0.136. The van der Waals surface area contributed by atoms with Gasteiger partial charge in [-0.3, -0.25) is 9.36 Å². The molecule has 0 saturated carbocycles. The Morgan fingerprint density at radius 3 is 1.75 bits per heavy atom. The van der Waals surface area contributed by atoms with Gasteiger partial charge in [-0.25, -0.2) is 0 Å². The standard InChI is InChI=1S/C4H9O5P.CH4O/c1-2-3(4(5)6)10(7,8)9;1-2/h3H,2H2,1H3,(H,5,6)(H2,7,8,9);2H,1H3. The predicted octanol–water partition coefficient (Wildman–Crippen LogP) is -0.364. The van der Waals surface area contributed by atoms with E-state index in [1.54, 1.807) is 0 Å². The van der Waals surface area contributed by atoms with E-state index in [9.17, 15) is 9.36 Å². The lowest BCUT2D eigenvalue weighted by atomic mass is 10.3. The molecule has 1 atom stereocenters. The van der Waals surface area contributed by atoms with Crippen LogP contribution in [-0.4, -0.2) is 38.7 Å². The molecule has 0 rings (SSSR count). The van der Waals surface area contributed by atoms with E-state index < -0.39 is 19.2 Å². The topological polar surface area (TPSA) is 115 Å². The first-order valence-corrected chi connectivity index (χ1v) is 4.80. The van der Waals surface area contributed by atoms with Crippen LogP contribution in [0.2, 0.25) is 0 Å². The fraction of sp³-hybridized carbons (Fsp3) is 0.800. The fourth-order valence-corrected chi connectivity index (χ4v) is 1.32. The maximum atomic E-state index is 10.3. The van der Waals surface area contributed by atoms with Crippen molar-refractivity contribution in [3.63, 3.8) is 0 Å². The van der Waals surface area contributed by atoms with Crippen LogP contribution in [0.5, 0.6) is 0 Å². The van der Waals surface area contributed by atoms with Crippen LogP contribution in [0.15, 0.2) is 0 Å². The average Bonchev–Trinajstić information content (AvgIpc) is 1.89. The lowest BCUT2D eigenvalue weighted by Gasteiger charge is -2.10. The number of rotatable bonds is 3. The monoisotopic (exact) mass is 200 g/mol.